The molecule has 0 spiro atoms. The van der Waals surface area contributed by atoms with E-state index in [0.29, 0.717) is 12.3 Å². The Morgan fingerprint density at radius 3 is 2.37 bits per heavy atom. The van der Waals surface area contributed by atoms with Crippen LogP contribution in [0, 0.1) is 0 Å². The molecule has 19 heavy (non-hydrogen) atoms. The predicted molar refractivity (Wildman–Crippen MR) is 80.8 cm³/mol. The van der Waals surface area contributed by atoms with Gasteiger partial charge < -0.3 is 15.2 Å². The molecule has 0 heterocycles. The summed E-state index contributed by atoms with van der Waals surface area (Å²) in [4.78, 5) is 0. The number of methoxy groups -OCH3 is 1. The van der Waals surface area contributed by atoms with E-state index in [1.807, 2.05) is 6.07 Å². The van der Waals surface area contributed by atoms with E-state index in [2.05, 4.69) is 32.9 Å². The standard InChI is InChI=1S/C16H27NO2/c1-16(2,3)13-8-9-14(17)15(12-13)19-11-7-5-6-10-18-4/h8-9,12H,5-7,10-11,17H2,1-4H3. The van der Waals surface area contributed by atoms with E-state index in [1.165, 1.54) is 5.56 Å². The first-order chi connectivity index (χ1) is 8.95. The summed E-state index contributed by atoms with van der Waals surface area (Å²) in [6.45, 7) is 8.09. The van der Waals surface area contributed by atoms with Crippen molar-refractivity contribution in [1.82, 2.24) is 0 Å². The predicted octanol–water partition coefficient (Wildman–Crippen LogP) is 3.76. The molecule has 0 aromatic heterocycles. The number of rotatable bonds is 7. The van der Waals surface area contributed by atoms with E-state index < -0.39 is 0 Å². The van der Waals surface area contributed by atoms with Crippen LogP contribution in [0.1, 0.15) is 45.6 Å². The van der Waals surface area contributed by atoms with Crippen molar-refractivity contribution < 1.29 is 9.47 Å². The second-order valence-corrected chi connectivity index (χ2v) is 5.90. The third-order valence-corrected chi connectivity index (χ3v) is 3.13. The first-order valence-corrected chi connectivity index (χ1v) is 6.97. The van der Waals surface area contributed by atoms with Crippen LogP contribution in [0.4, 0.5) is 5.69 Å². The van der Waals surface area contributed by atoms with Gasteiger partial charge in [-0.2, -0.15) is 0 Å². The van der Waals surface area contributed by atoms with Crippen LogP contribution in [0.2, 0.25) is 0 Å². The molecule has 0 aliphatic heterocycles. The summed E-state index contributed by atoms with van der Waals surface area (Å²) < 4.78 is 10.8. The maximum Gasteiger partial charge on any atom is 0.142 e. The zero-order valence-electron chi connectivity index (χ0n) is 12.7. The average molecular weight is 265 g/mol. The molecule has 3 nitrogen and oxygen atoms in total. The first-order valence-electron chi connectivity index (χ1n) is 6.97. The third kappa shape index (κ3) is 5.52. The molecule has 1 rings (SSSR count). The van der Waals surface area contributed by atoms with Crippen LogP contribution in [0.3, 0.4) is 0 Å². The Bertz CT molecular complexity index is 383. The average Bonchev–Trinajstić information content (AvgIpc) is 2.34. The van der Waals surface area contributed by atoms with Gasteiger partial charge in [-0.05, 0) is 42.4 Å². The molecule has 0 saturated carbocycles. The summed E-state index contributed by atoms with van der Waals surface area (Å²) in [6, 6.07) is 6.06. The van der Waals surface area contributed by atoms with Gasteiger partial charge in [0.05, 0.1) is 12.3 Å². The summed E-state index contributed by atoms with van der Waals surface area (Å²) >= 11 is 0. The van der Waals surface area contributed by atoms with Gasteiger partial charge >= 0.3 is 0 Å². The smallest absolute Gasteiger partial charge is 0.142 e. The van der Waals surface area contributed by atoms with E-state index in [-0.39, 0.29) is 5.41 Å². The Kier molecular flexibility index (Phi) is 6.16. The lowest BCUT2D eigenvalue weighted by Gasteiger charge is -2.20. The lowest BCUT2D eigenvalue weighted by atomic mass is 9.87. The Morgan fingerprint density at radius 1 is 1.05 bits per heavy atom. The molecule has 0 unspecified atom stereocenters. The first kappa shape index (κ1) is 15.8. The highest BCUT2D eigenvalue weighted by Crippen LogP contribution is 2.30. The number of nitrogen functional groups attached to an aromatic ring is 1. The zero-order chi connectivity index (χ0) is 14.3. The molecule has 1 aromatic rings. The maximum atomic E-state index is 5.95. The fraction of sp³-hybridized carbons (Fsp3) is 0.625. The second-order valence-electron chi connectivity index (χ2n) is 5.90. The number of anilines is 1. The SMILES string of the molecule is COCCCCCOc1cc(C(C)(C)C)ccc1N. The van der Waals surface area contributed by atoms with Crippen molar-refractivity contribution in [3.05, 3.63) is 23.8 Å². The minimum Gasteiger partial charge on any atom is -0.491 e. The molecule has 1 aromatic carbocycles. The molecule has 108 valence electrons. The fourth-order valence-electron chi connectivity index (χ4n) is 1.83. The van der Waals surface area contributed by atoms with Crippen molar-refractivity contribution in [2.24, 2.45) is 0 Å². The van der Waals surface area contributed by atoms with Crippen LogP contribution in [0.15, 0.2) is 18.2 Å². The Balaban J connectivity index is 2.49. The van der Waals surface area contributed by atoms with Crippen LogP contribution in [0.5, 0.6) is 5.75 Å². The van der Waals surface area contributed by atoms with Gasteiger partial charge in [0.15, 0.2) is 0 Å². The molecule has 0 bridgehead atoms. The summed E-state index contributed by atoms with van der Waals surface area (Å²) in [6.07, 6.45) is 3.23. The third-order valence-electron chi connectivity index (χ3n) is 3.13. The number of hydrogen-bond acceptors (Lipinski definition) is 3. The summed E-state index contributed by atoms with van der Waals surface area (Å²) in [7, 11) is 1.73. The number of benzene rings is 1. The Hall–Kier alpha value is -1.22. The molecule has 2 N–H and O–H groups in total. The van der Waals surface area contributed by atoms with Crippen LogP contribution < -0.4 is 10.5 Å². The molecule has 0 aliphatic carbocycles. The van der Waals surface area contributed by atoms with E-state index in [0.717, 1.165) is 31.6 Å². The van der Waals surface area contributed by atoms with Gasteiger partial charge in [0.1, 0.15) is 5.75 Å². The highest BCUT2D eigenvalue weighted by atomic mass is 16.5. The number of nitrogens with two attached hydrogens (primary N) is 1. The number of unbranched alkanes of at least 4 members (excludes halogenated alkanes) is 2. The van der Waals surface area contributed by atoms with E-state index in [9.17, 15) is 0 Å². The maximum absolute atomic E-state index is 5.95. The Labute approximate surface area is 117 Å². The molecule has 0 aliphatic rings. The Morgan fingerprint density at radius 2 is 1.74 bits per heavy atom. The van der Waals surface area contributed by atoms with Gasteiger partial charge in [-0.15, -0.1) is 0 Å². The minimum atomic E-state index is 0.115. The van der Waals surface area contributed by atoms with Crippen LogP contribution >= 0.6 is 0 Å². The molecular formula is C16H27NO2. The van der Waals surface area contributed by atoms with Crippen molar-refractivity contribution in [3.63, 3.8) is 0 Å². The van der Waals surface area contributed by atoms with E-state index in [1.54, 1.807) is 7.11 Å². The zero-order valence-corrected chi connectivity index (χ0v) is 12.7. The molecule has 0 radical (unpaired) electrons. The van der Waals surface area contributed by atoms with Gasteiger partial charge in [0, 0.05) is 13.7 Å². The highest BCUT2D eigenvalue weighted by molar-refractivity contribution is 5.54. The molecule has 0 atom stereocenters. The lowest BCUT2D eigenvalue weighted by molar-refractivity contribution is 0.189. The summed E-state index contributed by atoms with van der Waals surface area (Å²) in [5.74, 6) is 0.805. The van der Waals surface area contributed by atoms with Crippen LogP contribution in [-0.4, -0.2) is 20.3 Å². The topological polar surface area (TPSA) is 44.5 Å². The van der Waals surface area contributed by atoms with Gasteiger partial charge in [-0.1, -0.05) is 26.8 Å². The molecular weight excluding hydrogens is 238 g/mol. The monoisotopic (exact) mass is 265 g/mol. The number of hydrogen-bond donors (Lipinski definition) is 1. The van der Waals surface area contributed by atoms with Gasteiger partial charge in [0.25, 0.3) is 0 Å². The largest absolute Gasteiger partial charge is 0.491 e. The van der Waals surface area contributed by atoms with Gasteiger partial charge in [-0.25, -0.2) is 0 Å². The van der Waals surface area contributed by atoms with Crippen molar-refractivity contribution in [3.8, 4) is 5.75 Å². The van der Waals surface area contributed by atoms with E-state index >= 15 is 0 Å². The van der Waals surface area contributed by atoms with Crippen molar-refractivity contribution in [2.45, 2.75) is 45.4 Å². The van der Waals surface area contributed by atoms with Crippen LogP contribution in [-0.2, 0) is 10.2 Å². The molecule has 0 fully saturated rings. The fourth-order valence-corrected chi connectivity index (χ4v) is 1.83. The molecule has 0 saturated heterocycles. The van der Waals surface area contributed by atoms with Crippen molar-refractivity contribution in [2.75, 3.05) is 26.1 Å². The molecule has 0 amide bonds. The minimum absolute atomic E-state index is 0.115. The summed E-state index contributed by atoms with van der Waals surface area (Å²) in [5.41, 5.74) is 8.02. The van der Waals surface area contributed by atoms with Gasteiger partial charge in [0.2, 0.25) is 0 Å². The van der Waals surface area contributed by atoms with Crippen molar-refractivity contribution in [1.29, 1.82) is 0 Å². The molecule has 3 heteroatoms. The second kappa shape index (κ2) is 7.39. The lowest BCUT2D eigenvalue weighted by Crippen LogP contribution is -2.12. The quantitative estimate of drug-likeness (QED) is 0.603. The number of ether oxygens (including phenoxy) is 2. The highest BCUT2D eigenvalue weighted by Gasteiger charge is 2.15. The van der Waals surface area contributed by atoms with Crippen molar-refractivity contribution >= 4 is 5.69 Å². The normalized spacial score (nSPS) is 11.6. The van der Waals surface area contributed by atoms with Crippen LogP contribution in [0.25, 0.3) is 0 Å². The summed E-state index contributed by atoms with van der Waals surface area (Å²) in [5, 5.41) is 0. The van der Waals surface area contributed by atoms with Gasteiger partial charge in [-0.3, -0.25) is 0 Å². The van der Waals surface area contributed by atoms with E-state index in [4.69, 9.17) is 15.2 Å².